The Balaban J connectivity index is 1.42. The smallest absolute Gasteiger partial charge is 0.213 e. The van der Waals surface area contributed by atoms with Gasteiger partial charge >= 0.3 is 0 Å². The number of rotatable bonds is 9. The second-order valence-electron chi connectivity index (χ2n) is 6.49. The van der Waals surface area contributed by atoms with Gasteiger partial charge in [-0.2, -0.15) is 0 Å². The minimum Gasteiger partial charge on any atom is -0.490 e. The molecule has 2 aromatic rings. The van der Waals surface area contributed by atoms with Gasteiger partial charge in [0.25, 0.3) is 0 Å². The first kappa shape index (κ1) is 19.7. The average molecular weight is 380 g/mol. The Labute approximate surface area is 166 Å². The van der Waals surface area contributed by atoms with Crippen LogP contribution in [0.5, 0.6) is 11.6 Å². The molecule has 1 aliphatic carbocycles. The highest BCUT2D eigenvalue weighted by Gasteiger charge is 2.11. The van der Waals surface area contributed by atoms with E-state index in [2.05, 4.69) is 39.7 Å². The van der Waals surface area contributed by atoms with Crippen LogP contribution in [0.15, 0.2) is 65.8 Å². The lowest BCUT2D eigenvalue weighted by atomic mass is 10.2. The van der Waals surface area contributed by atoms with Crippen LogP contribution in [0, 0.1) is 0 Å². The third kappa shape index (κ3) is 6.61. The molecule has 1 aliphatic rings. The summed E-state index contributed by atoms with van der Waals surface area (Å²) in [6.07, 6.45) is 8.30. The van der Waals surface area contributed by atoms with Gasteiger partial charge in [0.05, 0.1) is 6.54 Å². The van der Waals surface area contributed by atoms with E-state index in [4.69, 9.17) is 9.47 Å². The fourth-order valence-corrected chi connectivity index (χ4v) is 2.83. The minimum atomic E-state index is 0.435. The number of hydrogen-bond acceptors (Lipinski definition) is 4. The predicted molar refractivity (Wildman–Crippen MR) is 112 cm³/mol. The van der Waals surface area contributed by atoms with Crippen molar-refractivity contribution in [3.63, 3.8) is 0 Å². The summed E-state index contributed by atoms with van der Waals surface area (Å²) < 4.78 is 11.2. The van der Waals surface area contributed by atoms with Crippen LogP contribution >= 0.6 is 0 Å². The Morgan fingerprint density at radius 2 is 1.86 bits per heavy atom. The molecule has 0 radical (unpaired) electrons. The molecule has 1 heterocycles. The molecule has 0 atom stereocenters. The van der Waals surface area contributed by atoms with Gasteiger partial charge in [0.1, 0.15) is 19.0 Å². The highest BCUT2D eigenvalue weighted by molar-refractivity contribution is 5.80. The predicted octanol–water partition coefficient (Wildman–Crippen LogP) is 3.31. The van der Waals surface area contributed by atoms with E-state index >= 15 is 0 Å². The maximum atomic E-state index is 5.63. The molecule has 6 heteroatoms. The number of aliphatic imine (C=N–C) groups is 1. The summed E-state index contributed by atoms with van der Waals surface area (Å²) in [5.74, 6) is 2.27. The Hall–Kier alpha value is -3.02. The van der Waals surface area contributed by atoms with Gasteiger partial charge in [-0.15, -0.1) is 0 Å². The lowest BCUT2D eigenvalue weighted by molar-refractivity contribution is 0.212. The number of aromatic nitrogens is 1. The maximum absolute atomic E-state index is 5.63. The van der Waals surface area contributed by atoms with Crippen molar-refractivity contribution in [1.29, 1.82) is 0 Å². The molecule has 6 nitrogen and oxygen atoms in total. The molecule has 28 heavy (non-hydrogen) atoms. The molecule has 2 N–H and O–H groups in total. The lowest BCUT2D eigenvalue weighted by Crippen LogP contribution is -2.42. The van der Waals surface area contributed by atoms with Gasteiger partial charge in [-0.3, -0.25) is 0 Å². The van der Waals surface area contributed by atoms with Crippen LogP contribution < -0.4 is 20.1 Å². The first-order chi connectivity index (χ1) is 13.8. The fourth-order valence-electron chi connectivity index (χ4n) is 2.83. The monoisotopic (exact) mass is 380 g/mol. The van der Waals surface area contributed by atoms with Gasteiger partial charge in [0.15, 0.2) is 5.96 Å². The number of para-hydroxylation sites is 1. The first-order valence-electron chi connectivity index (χ1n) is 9.79. The average Bonchev–Trinajstić information content (AvgIpc) is 3.24. The summed E-state index contributed by atoms with van der Waals surface area (Å²) in [6, 6.07) is 14.0. The van der Waals surface area contributed by atoms with E-state index in [0.717, 1.165) is 36.7 Å². The van der Waals surface area contributed by atoms with Gasteiger partial charge in [-0.25, -0.2) is 9.98 Å². The number of nitrogens with zero attached hydrogens (tertiary/aromatic N) is 2. The van der Waals surface area contributed by atoms with Crippen LogP contribution in [-0.2, 0) is 6.54 Å². The van der Waals surface area contributed by atoms with E-state index in [1.165, 1.54) is 0 Å². The van der Waals surface area contributed by atoms with Crippen LogP contribution in [0.2, 0.25) is 0 Å². The molecule has 0 saturated heterocycles. The molecule has 0 spiro atoms. The molecule has 1 aromatic heterocycles. The minimum absolute atomic E-state index is 0.435. The van der Waals surface area contributed by atoms with E-state index in [1.807, 2.05) is 42.5 Å². The summed E-state index contributed by atoms with van der Waals surface area (Å²) in [5, 5.41) is 6.75. The van der Waals surface area contributed by atoms with Crippen LogP contribution in [0.4, 0.5) is 0 Å². The zero-order valence-electron chi connectivity index (χ0n) is 16.3. The third-order valence-electron chi connectivity index (χ3n) is 4.26. The number of benzene rings is 1. The molecule has 3 rings (SSSR count). The Bertz CT molecular complexity index is 752. The SMILES string of the molecule is CCNC(=NCc1ccc(OCCOc2ccccc2)nc1)NC1CC=CC1. The van der Waals surface area contributed by atoms with Crippen LogP contribution in [0.3, 0.4) is 0 Å². The summed E-state index contributed by atoms with van der Waals surface area (Å²) >= 11 is 0. The van der Waals surface area contributed by atoms with Crippen molar-refractivity contribution in [3.8, 4) is 11.6 Å². The van der Waals surface area contributed by atoms with Crippen molar-refractivity contribution in [2.45, 2.75) is 32.4 Å². The standard InChI is InChI=1S/C22H28N4O2/c1-2-23-22(26-19-8-6-7-9-19)25-17-18-12-13-21(24-16-18)28-15-14-27-20-10-4-3-5-11-20/h3-7,10-13,16,19H,2,8-9,14-15,17H2,1H3,(H2,23,25,26). The van der Waals surface area contributed by atoms with Crippen LogP contribution in [-0.4, -0.2) is 36.7 Å². The molecular weight excluding hydrogens is 352 g/mol. The molecule has 148 valence electrons. The Kier molecular flexibility index (Phi) is 7.73. The van der Waals surface area contributed by atoms with Gasteiger partial charge in [0.2, 0.25) is 5.88 Å². The fraction of sp³-hybridized carbons (Fsp3) is 0.364. The molecule has 0 fully saturated rings. The highest BCUT2D eigenvalue weighted by atomic mass is 16.5. The largest absolute Gasteiger partial charge is 0.490 e. The van der Waals surface area contributed by atoms with Gasteiger partial charge in [-0.05, 0) is 37.5 Å². The van der Waals surface area contributed by atoms with Gasteiger partial charge in [-0.1, -0.05) is 36.4 Å². The summed E-state index contributed by atoms with van der Waals surface area (Å²) in [7, 11) is 0. The maximum Gasteiger partial charge on any atom is 0.213 e. The molecule has 0 aliphatic heterocycles. The molecule has 1 aromatic carbocycles. The third-order valence-corrected chi connectivity index (χ3v) is 4.26. The van der Waals surface area contributed by atoms with E-state index in [9.17, 15) is 0 Å². The molecule has 0 bridgehead atoms. The zero-order chi connectivity index (χ0) is 19.4. The number of nitrogens with one attached hydrogen (secondary N) is 2. The van der Waals surface area contributed by atoms with Crippen molar-refractivity contribution in [2.75, 3.05) is 19.8 Å². The van der Waals surface area contributed by atoms with E-state index < -0.39 is 0 Å². The highest BCUT2D eigenvalue weighted by Crippen LogP contribution is 2.11. The van der Waals surface area contributed by atoms with E-state index in [1.54, 1.807) is 6.20 Å². The molecular formula is C22H28N4O2. The number of hydrogen-bond donors (Lipinski definition) is 2. The van der Waals surface area contributed by atoms with Gasteiger partial charge in [0, 0.05) is 24.8 Å². The van der Waals surface area contributed by atoms with Crippen molar-refractivity contribution >= 4 is 5.96 Å². The van der Waals surface area contributed by atoms with Crippen molar-refractivity contribution in [2.24, 2.45) is 4.99 Å². The van der Waals surface area contributed by atoms with Crippen LogP contribution in [0.1, 0.15) is 25.3 Å². The van der Waals surface area contributed by atoms with Crippen LogP contribution in [0.25, 0.3) is 0 Å². The Morgan fingerprint density at radius 3 is 2.57 bits per heavy atom. The zero-order valence-corrected chi connectivity index (χ0v) is 16.3. The van der Waals surface area contributed by atoms with Gasteiger partial charge < -0.3 is 20.1 Å². The summed E-state index contributed by atoms with van der Waals surface area (Å²) in [5.41, 5.74) is 1.04. The number of pyridine rings is 1. The summed E-state index contributed by atoms with van der Waals surface area (Å²) in [6.45, 7) is 4.40. The number of ether oxygens (including phenoxy) is 2. The van der Waals surface area contributed by atoms with Crippen molar-refractivity contribution < 1.29 is 9.47 Å². The van der Waals surface area contributed by atoms with Crippen molar-refractivity contribution in [1.82, 2.24) is 15.6 Å². The quantitative estimate of drug-likeness (QED) is 0.302. The second kappa shape index (κ2) is 11.0. The lowest BCUT2D eigenvalue weighted by Gasteiger charge is -2.16. The molecule has 0 amide bonds. The molecule has 0 saturated carbocycles. The van der Waals surface area contributed by atoms with E-state index in [-0.39, 0.29) is 0 Å². The van der Waals surface area contributed by atoms with E-state index in [0.29, 0.717) is 31.7 Å². The first-order valence-corrected chi connectivity index (χ1v) is 9.79. The second-order valence-corrected chi connectivity index (χ2v) is 6.49. The summed E-state index contributed by atoms with van der Waals surface area (Å²) in [4.78, 5) is 9.00. The topological polar surface area (TPSA) is 67.8 Å². The van der Waals surface area contributed by atoms with Crippen molar-refractivity contribution in [3.05, 3.63) is 66.4 Å². The normalized spacial score (nSPS) is 14.1. The molecule has 0 unspecified atom stereocenters. The number of guanidine groups is 1. The Morgan fingerprint density at radius 1 is 1.07 bits per heavy atom.